The lowest BCUT2D eigenvalue weighted by Gasteiger charge is -2.08. The number of hydrogen-bond donors (Lipinski definition) is 3. The summed E-state index contributed by atoms with van der Waals surface area (Å²) >= 11 is 0. The Kier molecular flexibility index (Phi) is 3.68. The van der Waals surface area contributed by atoms with Crippen LogP contribution in [0.1, 0.15) is 10.4 Å². The van der Waals surface area contributed by atoms with E-state index in [9.17, 15) is 9.59 Å². The molecule has 0 unspecified atom stereocenters. The smallest absolute Gasteiger partial charge is 0.323 e. The molecule has 3 rings (SSSR count). The minimum atomic E-state index is -0.601. The van der Waals surface area contributed by atoms with Crippen LogP contribution in [0.2, 0.25) is 0 Å². The zero-order chi connectivity index (χ0) is 16.4. The molecule has 4 N–H and O–H groups in total. The van der Waals surface area contributed by atoms with Crippen molar-refractivity contribution in [2.24, 2.45) is 12.8 Å². The summed E-state index contributed by atoms with van der Waals surface area (Å²) in [6.07, 6.45) is 4.73. The number of benzene rings is 1. The third-order valence-corrected chi connectivity index (χ3v) is 3.42. The summed E-state index contributed by atoms with van der Waals surface area (Å²) in [4.78, 5) is 27.0. The van der Waals surface area contributed by atoms with E-state index < -0.39 is 11.9 Å². The molecule has 2 heterocycles. The fourth-order valence-electron chi connectivity index (χ4n) is 2.30. The Bertz CT molecular complexity index is 900. The van der Waals surface area contributed by atoms with Gasteiger partial charge in [-0.15, -0.1) is 0 Å². The molecule has 23 heavy (non-hydrogen) atoms. The molecule has 0 aliphatic carbocycles. The molecule has 2 aromatic heterocycles. The topological polar surface area (TPSA) is 102 Å². The van der Waals surface area contributed by atoms with Crippen molar-refractivity contribution in [3.8, 4) is 0 Å². The van der Waals surface area contributed by atoms with Crippen LogP contribution >= 0.6 is 0 Å². The van der Waals surface area contributed by atoms with Gasteiger partial charge in [0.25, 0.3) is 0 Å². The Morgan fingerprint density at radius 1 is 1.09 bits per heavy atom. The summed E-state index contributed by atoms with van der Waals surface area (Å²) in [5.41, 5.74) is 7.55. The van der Waals surface area contributed by atoms with E-state index in [2.05, 4.69) is 15.6 Å². The maximum absolute atomic E-state index is 12.0. The number of rotatable bonds is 3. The quantitative estimate of drug-likeness (QED) is 0.691. The van der Waals surface area contributed by atoms with Gasteiger partial charge < -0.3 is 20.9 Å². The van der Waals surface area contributed by atoms with E-state index in [4.69, 9.17) is 5.73 Å². The largest absolute Gasteiger partial charge is 0.366 e. The van der Waals surface area contributed by atoms with Crippen LogP contribution in [0, 0.1) is 0 Å². The van der Waals surface area contributed by atoms with Crippen molar-refractivity contribution in [3.05, 3.63) is 54.5 Å². The van der Waals surface area contributed by atoms with Crippen LogP contribution in [0.5, 0.6) is 0 Å². The monoisotopic (exact) mass is 309 g/mol. The average Bonchev–Trinajstić information content (AvgIpc) is 2.88. The summed E-state index contributed by atoms with van der Waals surface area (Å²) in [5.74, 6) is -0.601. The van der Waals surface area contributed by atoms with Crippen molar-refractivity contribution in [3.63, 3.8) is 0 Å². The molecule has 0 aliphatic rings. The maximum Gasteiger partial charge on any atom is 0.323 e. The molecule has 0 fully saturated rings. The van der Waals surface area contributed by atoms with Gasteiger partial charge in [0.15, 0.2) is 0 Å². The maximum atomic E-state index is 12.0. The number of nitrogens with one attached hydrogen (secondary N) is 2. The van der Waals surface area contributed by atoms with Crippen molar-refractivity contribution >= 4 is 34.2 Å². The molecule has 0 saturated carbocycles. The number of aromatic nitrogens is 2. The van der Waals surface area contributed by atoms with Crippen LogP contribution in [0.25, 0.3) is 10.9 Å². The molecule has 0 saturated heterocycles. The number of urea groups is 1. The molecule has 3 amide bonds. The number of pyridine rings is 1. The van der Waals surface area contributed by atoms with Crippen molar-refractivity contribution in [1.82, 2.24) is 9.55 Å². The Morgan fingerprint density at radius 2 is 1.87 bits per heavy atom. The van der Waals surface area contributed by atoms with Gasteiger partial charge in [0.1, 0.15) is 0 Å². The van der Waals surface area contributed by atoms with E-state index >= 15 is 0 Å². The third kappa shape index (κ3) is 3.13. The Morgan fingerprint density at radius 3 is 2.65 bits per heavy atom. The summed E-state index contributed by atoms with van der Waals surface area (Å²) in [6, 6.07) is 8.64. The van der Waals surface area contributed by atoms with E-state index in [0.29, 0.717) is 11.4 Å². The molecule has 0 spiro atoms. The predicted octanol–water partition coefficient (Wildman–Crippen LogP) is 2.32. The van der Waals surface area contributed by atoms with Gasteiger partial charge in [0, 0.05) is 36.0 Å². The van der Waals surface area contributed by atoms with Gasteiger partial charge in [0.05, 0.1) is 17.4 Å². The Hall–Kier alpha value is -3.35. The van der Waals surface area contributed by atoms with Crippen molar-refractivity contribution in [2.75, 3.05) is 10.6 Å². The fourth-order valence-corrected chi connectivity index (χ4v) is 2.30. The molecule has 3 aromatic rings. The minimum Gasteiger partial charge on any atom is -0.366 e. The predicted molar refractivity (Wildman–Crippen MR) is 88.3 cm³/mol. The van der Waals surface area contributed by atoms with Crippen LogP contribution in [-0.4, -0.2) is 21.5 Å². The van der Waals surface area contributed by atoms with Gasteiger partial charge in [-0.05, 0) is 30.3 Å². The van der Waals surface area contributed by atoms with Crippen molar-refractivity contribution in [1.29, 1.82) is 0 Å². The number of aryl methyl sites for hydroxylation is 1. The first-order valence-corrected chi connectivity index (χ1v) is 6.91. The van der Waals surface area contributed by atoms with Crippen LogP contribution in [0.3, 0.4) is 0 Å². The Balaban J connectivity index is 1.73. The van der Waals surface area contributed by atoms with Gasteiger partial charge in [-0.1, -0.05) is 0 Å². The fraction of sp³-hybridized carbons (Fsp3) is 0.0625. The highest BCUT2D eigenvalue weighted by Gasteiger charge is 2.07. The normalized spacial score (nSPS) is 10.5. The number of carbonyl (C=O) groups is 2. The first-order chi connectivity index (χ1) is 11.0. The summed E-state index contributed by atoms with van der Waals surface area (Å²) in [6.45, 7) is 0. The van der Waals surface area contributed by atoms with Crippen molar-refractivity contribution in [2.45, 2.75) is 0 Å². The number of fused-ring (bicyclic) bond motifs is 1. The number of amides is 3. The number of nitrogens with zero attached hydrogens (tertiary/aromatic N) is 2. The lowest BCUT2D eigenvalue weighted by molar-refractivity contribution is 0.1000. The molecule has 0 atom stereocenters. The highest BCUT2D eigenvalue weighted by atomic mass is 16.2. The lowest BCUT2D eigenvalue weighted by atomic mass is 10.2. The number of hydrogen-bond acceptors (Lipinski definition) is 3. The van der Waals surface area contributed by atoms with Crippen molar-refractivity contribution < 1.29 is 9.59 Å². The molecule has 116 valence electrons. The van der Waals surface area contributed by atoms with Gasteiger partial charge in [-0.3, -0.25) is 9.78 Å². The molecule has 0 aliphatic heterocycles. The second kappa shape index (κ2) is 5.80. The first-order valence-electron chi connectivity index (χ1n) is 6.91. The minimum absolute atomic E-state index is 0.230. The second-order valence-electron chi connectivity index (χ2n) is 5.11. The second-order valence-corrected chi connectivity index (χ2v) is 5.11. The van der Waals surface area contributed by atoms with Gasteiger partial charge >= 0.3 is 6.03 Å². The van der Waals surface area contributed by atoms with Gasteiger partial charge in [0.2, 0.25) is 5.91 Å². The SMILES string of the molecule is Cn1ccc2cc(NC(=O)Nc3cncc(C(N)=O)c3)ccc21. The number of nitrogens with two attached hydrogens (primary N) is 1. The standard InChI is InChI=1S/C16H15N5O2/c1-21-5-4-10-6-12(2-3-14(10)21)19-16(23)20-13-7-11(15(17)22)8-18-9-13/h2-9H,1H3,(H2,17,22)(H2,19,20,23). The van der Waals surface area contributed by atoms with E-state index in [1.54, 1.807) is 0 Å². The third-order valence-electron chi connectivity index (χ3n) is 3.42. The zero-order valence-electron chi connectivity index (χ0n) is 12.4. The Labute approximate surface area is 132 Å². The highest BCUT2D eigenvalue weighted by Crippen LogP contribution is 2.20. The van der Waals surface area contributed by atoms with E-state index in [1.165, 1.54) is 18.5 Å². The molecule has 0 radical (unpaired) electrons. The van der Waals surface area contributed by atoms with Crippen LogP contribution in [0.15, 0.2) is 48.9 Å². The van der Waals surface area contributed by atoms with E-state index in [-0.39, 0.29) is 5.56 Å². The molecule has 1 aromatic carbocycles. The number of anilines is 2. The van der Waals surface area contributed by atoms with Crippen LogP contribution in [0.4, 0.5) is 16.2 Å². The zero-order valence-corrected chi connectivity index (χ0v) is 12.4. The molecular weight excluding hydrogens is 294 g/mol. The summed E-state index contributed by atoms with van der Waals surface area (Å²) in [5, 5.41) is 6.38. The van der Waals surface area contributed by atoms with Gasteiger partial charge in [-0.2, -0.15) is 0 Å². The molecule has 7 nitrogen and oxygen atoms in total. The first kappa shape index (κ1) is 14.6. The number of carbonyl (C=O) groups excluding carboxylic acids is 2. The van der Waals surface area contributed by atoms with E-state index in [0.717, 1.165) is 10.9 Å². The lowest BCUT2D eigenvalue weighted by Crippen LogP contribution is -2.20. The highest BCUT2D eigenvalue weighted by molar-refractivity contribution is 6.02. The van der Waals surface area contributed by atoms with E-state index in [1.807, 2.05) is 42.1 Å². The molecule has 7 heteroatoms. The summed E-state index contributed by atoms with van der Waals surface area (Å²) < 4.78 is 2.00. The molecular formula is C16H15N5O2. The number of primary amides is 1. The summed E-state index contributed by atoms with van der Waals surface area (Å²) in [7, 11) is 1.96. The van der Waals surface area contributed by atoms with Crippen LogP contribution in [-0.2, 0) is 7.05 Å². The molecule has 0 bridgehead atoms. The van der Waals surface area contributed by atoms with Crippen LogP contribution < -0.4 is 16.4 Å². The average molecular weight is 309 g/mol. The van der Waals surface area contributed by atoms with Gasteiger partial charge in [-0.25, -0.2) is 4.79 Å².